The zero-order valence-electron chi connectivity index (χ0n) is 13.2. The van der Waals surface area contributed by atoms with Gasteiger partial charge in [-0.2, -0.15) is 0 Å². The maximum Gasteiger partial charge on any atom is 0.294 e. The van der Waals surface area contributed by atoms with Crippen LogP contribution < -0.4 is 4.90 Å². The Morgan fingerprint density at radius 3 is 2.75 bits per heavy atom. The highest BCUT2D eigenvalue weighted by atomic mass is 35.5. The fraction of sp³-hybridized carbons (Fsp3) is 0.222. The Morgan fingerprint density at radius 1 is 1.38 bits per heavy atom. The van der Waals surface area contributed by atoms with Crippen LogP contribution in [-0.2, 0) is 9.59 Å². The molecule has 24 heavy (non-hydrogen) atoms. The Bertz CT molecular complexity index is 842. The summed E-state index contributed by atoms with van der Waals surface area (Å²) in [5, 5.41) is 12.7. The molecule has 0 fully saturated rings. The van der Waals surface area contributed by atoms with Crippen molar-refractivity contribution < 1.29 is 14.7 Å². The second kappa shape index (κ2) is 6.42. The molecule has 1 aromatic carbocycles. The molecule has 6 heteroatoms. The van der Waals surface area contributed by atoms with E-state index in [0.717, 1.165) is 10.4 Å². The minimum Gasteiger partial charge on any atom is -0.503 e. The van der Waals surface area contributed by atoms with Crippen molar-refractivity contribution in [2.24, 2.45) is 0 Å². The van der Waals surface area contributed by atoms with Crippen LogP contribution >= 0.6 is 22.9 Å². The number of ketones is 1. The zero-order valence-corrected chi connectivity index (χ0v) is 14.8. The van der Waals surface area contributed by atoms with Gasteiger partial charge in [0.2, 0.25) is 0 Å². The quantitative estimate of drug-likeness (QED) is 0.866. The summed E-state index contributed by atoms with van der Waals surface area (Å²) in [6.45, 7) is 3.58. The third-order valence-corrected chi connectivity index (χ3v) is 5.23. The molecule has 1 unspecified atom stereocenters. The van der Waals surface area contributed by atoms with Crippen molar-refractivity contribution in [1.82, 2.24) is 0 Å². The monoisotopic (exact) mass is 361 g/mol. The minimum absolute atomic E-state index is 0.157. The zero-order chi connectivity index (χ0) is 17.4. The molecule has 0 saturated carbocycles. The Hall–Kier alpha value is -2.11. The van der Waals surface area contributed by atoms with Gasteiger partial charge in [-0.25, -0.2) is 0 Å². The minimum atomic E-state index is -0.623. The highest BCUT2D eigenvalue weighted by Gasteiger charge is 2.44. The van der Waals surface area contributed by atoms with Crippen LogP contribution in [0.2, 0.25) is 5.02 Å². The van der Waals surface area contributed by atoms with Crippen LogP contribution in [-0.4, -0.2) is 16.8 Å². The maximum atomic E-state index is 12.7. The van der Waals surface area contributed by atoms with Crippen LogP contribution in [0.5, 0.6) is 0 Å². The number of aliphatic hydroxyl groups excluding tert-OH is 1. The van der Waals surface area contributed by atoms with Crippen molar-refractivity contribution in [2.45, 2.75) is 26.3 Å². The fourth-order valence-corrected chi connectivity index (χ4v) is 3.88. The fourth-order valence-electron chi connectivity index (χ4n) is 2.89. The van der Waals surface area contributed by atoms with Crippen LogP contribution in [0.4, 0.5) is 5.69 Å². The number of aryl methyl sites for hydroxylation is 1. The smallest absolute Gasteiger partial charge is 0.294 e. The second-order valence-corrected chi connectivity index (χ2v) is 6.98. The summed E-state index contributed by atoms with van der Waals surface area (Å²) in [5.41, 5.74) is 1.59. The lowest BCUT2D eigenvalue weighted by atomic mass is 10.00. The summed E-state index contributed by atoms with van der Waals surface area (Å²) in [6.07, 6.45) is 0.219. The first-order valence-electron chi connectivity index (χ1n) is 7.55. The van der Waals surface area contributed by atoms with E-state index >= 15 is 0 Å². The highest BCUT2D eigenvalue weighted by Crippen LogP contribution is 2.44. The van der Waals surface area contributed by atoms with Gasteiger partial charge in [-0.15, -0.1) is 11.3 Å². The van der Waals surface area contributed by atoms with Crippen LogP contribution in [0, 0.1) is 6.92 Å². The van der Waals surface area contributed by atoms with Gasteiger partial charge in [0, 0.05) is 22.0 Å². The molecule has 4 nitrogen and oxygen atoms in total. The standard InChI is InChI=1S/C18H16ClNO3S/c1-3-13(21)15-16(14-5-4-8-24-14)20(18(23)17(15)22)12-9-11(19)7-6-10(12)2/h4-9,16,22H,3H2,1-2H3. The van der Waals surface area contributed by atoms with Crippen molar-refractivity contribution in [1.29, 1.82) is 0 Å². The van der Waals surface area contributed by atoms with Gasteiger partial charge >= 0.3 is 0 Å². The van der Waals surface area contributed by atoms with Crippen LogP contribution in [0.15, 0.2) is 47.0 Å². The third kappa shape index (κ3) is 2.64. The van der Waals surface area contributed by atoms with E-state index in [1.54, 1.807) is 19.1 Å². The van der Waals surface area contributed by atoms with E-state index in [4.69, 9.17) is 11.6 Å². The van der Waals surface area contributed by atoms with Crippen molar-refractivity contribution in [2.75, 3.05) is 4.90 Å². The summed E-state index contributed by atoms with van der Waals surface area (Å²) in [6, 6.07) is 8.33. The van der Waals surface area contributed by atoms with Gasteiger partial charge in [0.25, 0.3) is 5.91 Å². The van der Waals surface area contributed by atoms with Gasteiger partial charge in [0.15, 0.2) is 11.5 Å². The molecule has 1 amide bonds. The van der Waals surface area contributed by atoms with E-state index < -0.39 is 17.7 Å². The molecule has 2 aromatic rings. The number of nitrogens with zero attached hydrogens (tertiary/aromatic N) is 1. The molecule has 1 aliphatic heterocycles. The van der Waals surface area contributed by atoms with E-state index in [-0.39, 0.29) is 17.8 Å². The number of rotatable bonds is 4. The average Bonchev–Trinajstić information content (AvgIpc) is 3.17. The molecular weight excluding hydrogens is 346 g/mol. The highest BCUT2D eigenvalue weighted by molar-refractivity contribution is 7.10. The van der Waals surface area contributed by atoms with E-state index in [2.05, 4.69) is 0 Å². The molecule has 0 saturated heterocycles. The summed E-state index contributed by atoms with van der Waals surface area (Å²) >= 11 is 7.54. The second-order valence-electron chi connectivity index (χ2n) is 5.56. The van der Waals surface area contributed by atoms with Crippen molar-refractivity contribution in [3.8, 4) is 0 Å². The Balaban J connectivity index is 2.21. The first kappa shape index (κ1) is 16.7. The maximum absolute atomic E-state index is 12.7. The van der Waals surface area contributed by atoms with E-state index in [9.17, 15) is 14.7 Å². The third-order valence-electron chi connectivity index (χ3n) is 4.07. The van der Waals surface area contributed by atoms with Gasteiger partial charge in [-0.05, 0) is 36.1 Å². The number of Topliss-reactive ketones (excluding diaryl/α,β-unsaturated/α-hetero) is 1. The van der Waals surface area contributed by atoms with Crippen LogP contribution in [0.25, 0.3) is 0 Å². The summed E-state index contributed by atoms with van der Waals surface area (Å²) in [7, 11) is 0. The van der Waals surface area contributed by atoms with Crippen LogP contribution in [0.3, 0.4) is 0 Å². The Morgan fingerprint density at radius 2 is 2.12 bits per heavy atom. The molecule has 124 valence electrons. The van der Waals surface area contributed by atoms with Gasteiger partial charge in [-0.3, -0.25) is 14.5 Å². The van der Waals surface area contributed by atoms with Gasteiger partial charge < -0.3 is 5.11 Å². The lowest BCUT2D eigenvalue weighted by Crippen LogP contribution is -2.31. The number of amides is 1. The number of carbonyl (C=O) groups is 2. The normalized spacial score (nSPS) is 17.7. The molecule has 0 radical (unpaired) electrons. The molecule has 1 aromatic heterocycles. The number of benzene rings is 1. The molecule has 0 aliphatic carbocycles. The number of halogens is 1. The van der Waals surface area contributed by atoms with E-state index in [1.807, 2.05) is 30.5 Å². The predicted molar refractivity (Wildman–Crippen MR) is 95.7 cm³/mol. The Kier molecular flexibility index (Phi) is 4.47. The number of hydrogen-bond acceptors (Lipinski definition) is 4. The first-order valence-corrected chi connectivity index (χ1v) is 8.81. The molecule has 3 rings (SSSR count). The molecular formula is C18H16ClNO3S. The lowest BCUT2D eigenvalue weighted by molar-refractivity contribution is -0.118. The number of aliphatic hydroxyl groups is 1. The molecule has 1 N–H and O–H groups in total. The first-order chi connectivity index (χ1) is 11.5. The van der Waals surface area contributed by atoms with Gasteiger partial charge in [0.05, 0.1) is 5.57 Å². The SMILES string of the molecule is CCC(=O)C1=C(O)C(=O)N(c2cc(Cl)ccc2C)C1c1cccs1. The summed E-state index contributed by atoms with van der Waals surface area (Å²) < 4.78 is 0. The van der Waals surface area contributed by atoms with E-state index in [0.29, 0.717) is 10.7 Å². The number of hydrogen-bond donors (Lipinski definition) is 1. The summed E-state index contributed by atoms with van der Waals surface area (Å²) in [4.78, 5) is 27.4. The topological polar surface area (TPSA) is 57.6 Å². The van der Waals surface area contributed by atoms with Gasteiger partial charge in [-0.1, -0.05) is 30.7 Å². The average molecular weight is 362 g/mol. The Labute approximate surface area is 149 Å². The van der Waals surface area contributed by atoms with E-state index in [1.165, 1.54) is 16.2 Å². The molecule has 1 aliphatic rings. The number of carbonyl (C=O) groups excluding carboxylic acids is 2. The molecule has 2 heterocycles. The molecule has 0 bridgehead atoms. The number of anilines is 1. The lowest BCUT2D eigenvalue weighted by Gasteiger charge is -2.27. The number of thiophene rings is 1. The molecule has 0 spiro atoms. The van der Waals surface area contributed by atoms with Crippen molar-refractivity contribution in [3.63, 3.8) is 0 Å². The summed E-state index contributed by atoms with van der Waals surface area (Å²) in [5.74, 6) is -1.28. The van der Waals surface area contributed by atoms with Crippen molar-refractivity contribution in [3.05, 3.63) is 62.5 Å². The van der Waals surface area contributed by atoms with Gasteiger partial charge in [0.1, 0.15) is 6.04 Å². The van der Waals surface area contributed by atoms with Crippen molar-refractivity contribution >= 4 is 40.3 Å². The van der Waals surface area contributed by atoms with Crippen LogP contribution in [0.1, 0.15) is 29.8 Å². The predicted octanol–water partition coefficient (Wildman–Crippen LogP) is 4.59. The molecule has 1 atom stereocenters. The largest absolute Gasteiger partial charge is 0.503 e.